The van der Waals surface area contributed by atoms with Gasteiger partial charge in [0, 0.05) is 18.8 Å². The van der Waals surface area contributed by atoms with Crippen molar-refractivity contribution in [1.29, 1.82) is 0 Å². The molecule has 7 heteroatoms. The molecule has 3 N–H and O–H groups in total. The highest BCUT2D eigenvalue weighted by Crippen LogP contribution is 2.15. The number of benzene rings is 1. The lowest BCUT2D eigenvalue weighted by molar-refractivity contribution is 0.0528. The second kappa shape index (κ2) is 8.87. The van der Waals surface area contributed by atoms with E-state index in [9.17, 15) is 9.59 Å². The van der Waals surface area contributed by atoms with Gasteiger partial charge in [-0.2, -0.15) is 0 Å². The maximum atomic E-state index is 11.7. The predicted molar refractivity (Wildman–Crippen MR) is 88.9 cm³/mol. The van der Waals surface area contributed by atoms with Crippen LogP contribution in [0.5, 0.6) is 5.75 Å². The molecular weight excluding hydrogens is 298 g/mol. The van der Waals surface area contributed by atoms with Gasteiger partial charge in [0.25, 0.3) is 0 Å². The molecule has 0 aromatic heterocycles. The Bertz CT molecular complexity index is 509. The molecule has 0 spiro atoms. The fraction of sp³-hybridized carbons (Fsp3) is 0.500. The first kappa shape index (κ1) is 18.6. The average Bonchev–Trinajstić information content (AvgIpc) is 2.44. The van der Waals surface area contributed by atoms with Crippen molar-refractivity contribution in [1.82, 2.24) is 10.6 Å². The number of carbonyl (C=O) groups is 2. The van der Waals surface area contributed by atoms with Crippen molar-refractivity contribution >= 4 is 17.8 Å². The highest BCUT2D eigenvalue weighted by atomic mass is 16.6. The summed E-state index contributed by atoms with van der Waals surface area (Å²) < 4.78 is 10.4. The summed E-state index contributed by atoms with van der Waals surface area (Å²) >= 11 is 0. The van der Waals surface area contributed by atoms with Crippen LogP contribution in [0.3, 0.4) is 0 Å². The maximum Gasteiger partial charge on any atom is 0.407 e. The Balaban J connectivity index is 2.23. The molecule has 1 rings (SSSR count). The van der Waals surface area contributed by atoms with Crippen LogP contribution in [0.4, 0.5) is 15.3 Å². The van der Waals surface area contributed by atoms with Crippen molar-refractivity contribution in [2.24, 2.45) is 0 Å². The number of urea groups is 1. The van der Waals surface area contributed by atoms with Crippen LogP contribution < -0.4 is 20.7 Å². The average molecular weight is 323 g/mol. The van der Waals surface area contributed by atoms with E-state index in [0.717, 1.165) is 5.75 Å². The van der Waals surface area contributed by atoms with Gasteiger partial charge in [0.1, 0.15) is 11.4 Å². The summed E-state index contributed by atoms with van der Waals surface area (Å²) in [6, 6.07) is 6.72. The third-order valence-corrected chi connectivity index (χ3v) is 2.50. The minimum absolute atomic E-state index is 0.283. The summed E-state index contributed by atoms with van der Waals surface area (Å²) in [4.78, 5) is 23.1. The molecule has 0 fully saturated rings. The molecule has 0 unspecified atom stereocenters. The number of alkyl carbamates (subject to hydrolysis) is 1. The van der Waals surface area contributed by atoms with Crippen LogP contribution in [-0.2, 0) is 4.74 Å². The summed E-state index contributed by atoms with van der Waals surface area (Å²) in [6.07, 6.45) is -0.508. The third-order valence-electron chi connectivity index (χ3n) is 2.50. The Morgan fingerprint density at radius 2 is 1.65 bits per heavy atom. The van der Waals surface area contributed by atoms with Crippen molar-refractivity contribution in [2.75, 3.05) is 25.0 Å². The fourth-order valence-electron chi connectivity index (χ4n) is 1.63. The van der Waals surface area contributed by atoms with Gasteiger partial charge in [-0.25, -0.2) is 9.59 Å². The molecule has 1 aromatic carbocycles. The molecule has 0 saturated heterocycles. The van der Waals surface area contributed by atoms with Gasteiger partial charge in [-0.15, -0.1) is 0 Å². The Kier molecular flexibility index (Phi) is 7.18. The van der Waals surface area contributed by atoms with Crippen LogP contribution in [0, 0.1) is 0 Å². The monoisotopic (exact) mass is 323 g/mol. The van der Waals surface area contributed by atoms with Crippen LogP contribution in [0.1, 0.15) is 27.7 Å². The van der Waals surface area contributed by atoms with E-state index in [1.165, 1.54) is 0 Å². The molecular formula is C16H25N3O4. The molecule has 3 amide bonds. The van der Waals surface area contributed by atoms with E-state index in [-0.39, 0.29) is 12.6 Å². The van der Waals surface area contributed by atoms with E-state index in [0.29, 0.717) is 18.8 Å². The van der Waals surface area contributed by atoms with E-state index >= 15 is 0 Å². The molecule has 1 aromatic rings. The Labute approximate surface area is 136 Å². The number of ether oxygens (including phenoxy) is 2. The number of amides is 3. The molecule has 0 bridgehead atoms. The zero-order valence-corrected chi connectivity index (χ0v) is 14.1. The minimum Gasteiger partial charge on any atom is -0.494 e. The van der Waals surface area contributed by atoms with Gasteiger partial charge in [0.05, 0.1) is 6.61 Å². The van der Waals surface area contributed by atoms with Crippen LogP contribution in [0.25, 0.3) is 0 Å². The lowest BCUT2D eigenvalue weighted by Gasteiger charge is -2.19. The Hall–Kier alpha value is -2.44. The molecule has 128 valence electrons. The fourth-order valence-corrected chi connectivity index (χ4v) is 1.63. The normalized spacial score (nSPS) is 10.6. The molecule has 0 aliphatic carbocycles. The van der Waals surface area contributed by atoms with Gasteiger partial charge in [0.2, 0.25) is 0 Å². The molecule has 0 heterocycles. The van der Waals surface area contributed by atoms with E-state index in [4.69, 9.17) is 9.47 Å². The summed E-state index contributed by atoms with van der Waals surface area (Å²) in [6.45, 7) is 8.44. The van der Waals surface area contributed by atoms with Crippen LogP contribution in [0.15, 0.2) is 24.3 Å². The lowest BCUT2D eigenvalue weighted by atomic mass is 10.2. The smallest absolute Gasteiger partial charge is 0.407 e. The molecule has 0 atom stereocenters. The zero-order valence-electron chi connectivity index (χ0n) is 14.1. The van der Waals surface area contributed by atoms with Crippen molar-refractivity contribution in [2.45, 2.75) is 33.3 Å². The molecule has 0 radical (unpaired) electrons. The van der Waals surface area contributed by atoms with Crippen molar-refractivity contribution < 1.29 is 19.1 Å². The SMILES string of the molecule is CCOc1ccc(NC(=O)NCCNC(=O)OC(C)(C)C)cc1. The Morgan fingerprint density at radius 3 is 2.22 bits per heavy atom. The maximum absolute atomic E-state index is 11.7. The van der Waals surface area contributed by atoms with E-state index in [1.807, 2.05) is 6.92 Å². The van der Waals surface area contributed by atoms with Gasteiger partial charge in [-0.1, -0.05) is 0 Å². The number of carbonyl (C=O) groups excluding carboxylic acids is 2. The van der Waals surface area contributed by atoms with Crippen molar-refractivity contribution in [3.8, 4) is 5.75 Å². The van der Waals surface area contributed by atoms with Crippen LogP contribution >= 0.6 is 0 Å². The topological polar surface area (TPSA) is 88.7 Å². The predicted octanol–water partition coefficient (Wildman–Crippen LogP) is 2.73. The van der Waals surface area contributed by atoms with Crippen LogP contribution in [0.2, 0.25) is 0 Å². The first-order chi connectivity index (χ1) is 10.8. The molecule has 0 saturated carbocycles. The standard InChI is InChI=1S/C16H25N3O4/c1-5-22-13-8-6-12(7-9-13)19-14(20)17-10-11-18-15(21)23-16(2,3)4/h6-9H,5,10-11H2,1-4H3,(H,18,21)(H2,17,19,20). The lowest BCUT2D eigenvalue weighted by Crippen LogP contribution is -2.39. The van der Waals surface area contributed by atoms with E-state index in [2.05, 4.69) is 16.0 Å². The quantitative estimate of drug-likeness (QED) is 0.702. The second-order valence-electron chi connectivity index (χ2n) is 5.77. The minimum atomic E-state index is -0.539. The van der Waals surface area contributed by atoms with Gasteiger partial charge >= 0.3 is 12.1 Å². The summed E-state index contributed by atoms with van der Waals surface area (Å²) in [5.74, 6) is 0.750. The third kappa shape index (κ3) is 8.55. The van der Waals surface area contributed by atoms with Gasteiger partial charge in [-0.05, 0) is 52.0 Å². The number of hydrogen-bond acceptors (Lipinski definition) is 4. The molecule has 0 aliphatic heterocycles. The van der Waals surface area contributed by atoms with Crippen LogP contribution in [-0.4, -0.2) is 37.4 Å². The van der Waals surface area contributed by atoms with E-state index < -0.39 is 11.7 Å². The molecule has 0 aliphatic rings. The molecule has 23 heavy (non-hydrogen) atoms. The highest BCUT2D eigenvalue weighted by Gasteiger charge is 2.15. The van der Waals surface area contributed by atoms with Gasteiger partial charge < -0.3 is 25.4 Å². The second-order valence-corrected chi connectivity index (χ2v) is 5.77. The van der Waals surface area contributed by atoms with Gasteiger partial charge in [0.15, 0.2) is 0 Å². The van der Waals surface area contributed by atoms with Crippen molar-refractivity contribution in [3.05, 3.63) is 24.3 Å². The summed E-state index contributed by atoms with van der Waals surface area (Å²) in [5, 5.41) is 7.89. The first-order valence-corrected chi connectivity index (χ1v) is 7.54. The zero-order chi connectivity index (χ0) is 17.3. The van der Waals surface area contributed by atoms with E-state index in [1.54, 1.807) is 45.0 Å². The summed E-state index contributed by atoms with van der Waals surface area (Å²) in [5.41, 5.74) is 0.119. The number of hydrogen-bond donors (Lipinski definition) is 3. The first-order valence-electron chi connectivity index (χ1n) is 7.54. The Morgan fingerprint density at radius 1 is 1.04 bits per heavy atom. The number of nitrogens with one attached hydrogen (secondary N) is 3. The van der Waals surface area contributed by atoms with Crippen molar-refractivity contribution in [3.63, 3.8) is 0 Å². The largest absolute Gasteiger partial charge is 0.494 e. The highest BCUT2D eigenvalue weighted by molar-refractivity contribution is 5.89. The summed E-state index contributed by atoms with van der Waals surface area (Å²) in [7, 11) is 0. The van der Waals surface area contributed by atoms with Gasteiger partial charge in [-0.3, -0.25) is 0 Å². The number of anilines is 1. The number of rotatable bonds is 6. The molecule has 7 nitrogen and oxygen atoms in total.